The van der Waals surface area contributed by atoms with Gasteiger partial charge in [-0.25, -0.2) is 0 Å². The van der Waals surface area contributed by atoms with Crippen LogP contribution in [0.15, 0.2) is 48.7 Å². The third kappa shape index (κ3) is 2.38. The monoisotopic (exact) mass is 304 g/mol. The molecular formula is C15H10Cl2N2O. The Morgan fingerprint density at radius 2 is 1.95 bits per heavy atom. The van der Waals surface area contributed by atoms with Crippen LogP contribution in [0.25, 0.3) is 10.9 Å². The second-order valence-electron chi connectivity index (χ2n) is 4.34. The molecule has 3 nitrogen and oxygen atoms in total. The van der Waals surface area contributed by atoms with Crippen LogP contribution in [0.1, 0.15) is 10.4 Å². The molecule has 100 valence electrons. The zero-order chi connectivity index (χ0) is 14.1. The fraction of sp³-hybridized carbons (Fsp3) is 0. The topological polar surface area (TPSA) is 44.9 Å². The Hall–Kier alpha value is -1.97. The SMILES string of the molecule is O=C(Nc1ccc2[nH]ccc2c1)c1cccc(Cl)c1Cl. The molecule has 0 radical (unpaired) electrons. The second kappa shape index (κ2) is 5.19. The van der Waals surface area contributed by atoms with Gasteiger partial charge in [-0.2, -0.15) is 0 Å². The maximum Gasteiger partial charge on any atom is 0.257 e. The molecule has 0 spiro atoms. The predicted molar refractivity (Wildman–Crippen MR) is 82.7 cm³/mol. The van der Waals surface area contributed by atoms with Crippen molar-refractivity contribution in [2.24, 2.45) is 0 Å². The highest BCUT2D eigenvalue weighted by atomic mass is 35.5. The number of fused-ring (bicyclic) bond motifs is 1. The van der Waals surface area contributed by atoms with Crippen LogP contribution in [-0.2, 0) is 0 Å². The van der Waals surface area contributed by atoms with Gasteiger partial charge < -0.3 is 10.3 Å². The molecule has 1 heterocycles. The number of halogens is 2. The van der Waals surface area contributed by atoms with E-state index in [1.165, 1.54) is 0 Å². The van der Waals surface area contributed by atoms with Crippen molar-refractivity contribution in [3.05, 3.63) is 64.3 Å². The van der Waals surface area contributed by atoms with Gasteiger partial charge in [-0.15, -0.1) is 0 Å². The lowest BCUT2D eigenvalue weighted by Gasteiger charge is -2.07. The molecule has 1 aromatic heterocycles. The summed E-state index contributed by atoms with van der Waals surface area (Å²) in [4.78, 5) is 15.3. The number of amides is 1. The van der Waals surface area contributed by atoms with Crippen LogP contribution in [0.4, 0.5) is 5.69 Å². The van der Waals surface area contributed by atoms with Gasteiger partial charge in [-0.3, -0.25) is 4.79 Å². The highest BCUT2D eigenvalue weighted by Gasteiger charge is 2.12. The van der Waals surface area contributed by atoms with Crippen molar-refractivity contribution in [1.82, 2.24) is 4.98 Å². The van der Waals surface area contributed by atoms with E-state index >= 15 is 0 Å². The van der Waals surface area contributed by atoms with Crippen molar-refractivity contribution in [2.45, 2.75) is 0 Å². The van der Waals surface area contributed by atoms with Crippen molar-refractivity contribution in [3.63, 3.8) is 0 Å². The van der Waals surface area contributed by atoms with Crippen LogP contribution in [0, 0.1) is 0 Å². The normalized spacial score (nSPS) is 10.7. The molecule has 0 saturated carbocycles. The first kappa shape index (κ1) is 13.0. The van der Waals surface area contributed by atoms with Gasteiger partial charge in [-0.1, -0.05) is 29.3 Å². The molecule has 0 atom stereocenters. The summed E-state index contributed by atoms with van der Waals surface area (Å²) in [6, 6.07) is 12.5. The first-order valence-corrected chi connectivity index (χ1v) is 6.73. The molecular weight excluding hydrogens is 295 g/mol. The molecule has 20 heavy (non-hydrogen) atoms. The summed E-state index contributed by atoms with van der Waals surface area (Å²) in [7, 11) is 0. The number of carbonyl (C=O) groups excluding carboxylic acids is 1. The summed E-state index contributed by atoms with van der Waals surface area (Å²) in [5, 5.41) is 4.46. The van der Waals surface area contributed by atoms with Crippen LogP contribution < -0.4 is 5.32 Å². The molecule has 1 amide bonds. The number of aromatic nitrogens is 1. The van der Waals surface area contributed by atoms with Crippen molar-refractivity contribution in [1.29, 1.82) is 0 Å². The molecule has 0 saturated heterocycles. The van der Waals surface area contributed by atoms with Gasteiger partial charge in [-0.05, 0) is 36.4 Å². The fourth-order valence-corrected chi connectivity index (χ4v) is 2.39. The fourth-order valence-electron chi connectivity index (χ4n) is 2.01. The van der Waals surface area contributed by atoms with Gasteiger partial charge in [0.25, 0.3) is 5.91 Å². The average molecular weight is 305 g/mol. The maximum atomic E-state index is 12.2. The van der Waals surface area contributed by atoms with Crippen LogP contribution in [-0.4, -0.2) is 10.9 Å². The number of anilines is 1. The molecule has 3 rings (SSSR count). The molecule has 3 aromatic rings. The van der Waals surface area contributed by atoms with Gasteiger partial charge in [0.1, 0.15) is 0 Å². The molecule has 0 aliphatic rings. The average Bonchev–Trinajstić information content (AvgIpc) is 2.89. The van der Waals surface area contributed by atoms with Crippen molar-refractivity contribution in [3.8, 4) is 0 Å². The molecule has 2 aromatic carbocycles. The van der Waals surface area contributed by atoms with Crippen molar-refractivity contribution < 1.29 is 4.79 Å². The summed E-state index contributed by atoms with van der Waals surface area (Å²) in [5.74, 6) is -0.285. The quantitative estimate of drug-likeness (QED) is 0.706. The standard InChI is InChI=1S/C15H10Cl2N2O/c16-12-3-1-2-11(14(12)17)15(20)19-10-4-5-13-9(8-10)6-7-18-13/h1-8,18H,(H,19,20). The highest BCUT2D eigenvalue weighted by Crippen LogP contribution is 2.26. The van der Waals surface area contributed by atoms with E-state index in [1.807, 2.05) is 30.5 Å². The van der Waals surface area contributed by atoms with E-state index in [-0.39, 0.29) is 10.9 Å². The molecule has 0 unspecified atom stereocenters. The third-order valence-electron chi connectivity index (χ3n) is 3.01. The largest absolute Gasteiger partial charge is 0.361 e. The Morgan fingerprint density at radius 3 is 2.80 bits per heavy atom. The minimum absolute atomic E-state index is 0.259. The summed E-state index contributed by atoms with van der Waals surface area (Å²) in [6.07, 6.45) is 1.85. The zero-order valence-electron chi connectivity index (χ0n) is 10.3. The first-order valence-electron chi connectivity index (χ1n) is 5.97. The Bertz CT molecular complexity index is 795. The second-order valence-corrected chi connectivity index (χ2v) is 5.12. The lowest BCUT2D eigenvalue weighted by molar-refractivity contribution is 0.102. The highest BCUT2D eigenvalue weighted by molar-refractivity contribution is 6.44. The Kier molecular flexibility index (Phi) is 3.38. The first-order chi connectivity index (χ1) is 9.65. The van der Waals surface area contributed by atoms with E-state index in [1.54, 1.807) is 18.2 Å². The minimum atomic E-state index is -0.285. The number of benzene rings is 2. The van der Waals surface area contributed by atoms with Gasteiger partial charge in [0.15, 0.2) is 0 Å². The Morgan fingerprint density at radius 1 is 1.10 bits per heavy atom. The molecule has 2 N–H and O–H groups in total. The van der Waals surface area contributed by atoms with Crippen molar-refractivity contribution in [2.75, 3.05) is 5.32 Å². The van der Waals surface area contributed by atoms with Crippen LogP contribution in [0.5, 0.6) is 0 Å². The van der Waals surface area contributed by atoms with E-state index < -0.39 is 0 Å². The number of aromatic amines is 1. The molecule has 0 aliphatic heterocycles. The summed E-state index contributed by atoms with van der Waals surface area (Å²) in [5.41, 5.74) is 2.08. The van der Waals surface area contributed by atoms with E-state index in [2.05, 4.69) is 10.3 Å². The van der Waals surface area contributed by atoms with Crippen LogP contribution in [0.3, 0.4) is 0 Å². The third-order valence-corrected chi connectivity index (χ3v) is 3.83. The summed E-state index contributed by atoms with van der Waals surface area (Å²) in [6.45, 7) is 0. The van der Waals surface area contributed by atoms with E-state index in [4.69, 9.17) is 23.2 Å². The van der Waals surface area contributed by atoms with Crippen molar-refractivity contribution >= 4 is 45.7 Å². The number of H-pyrrole nitrogens is 1. The van der Waals surface area contributed by atoms with Gasteiger partial charge in [0.2, 0.25) is 0 Å². The molecule has 0 bridgehead atoms. The Labute approximate surface area is 125 Å². The van der Waals surface area contributed by atoms with E-state index in [0.717, 1.165) is 10.9 Å². The van der Waals surface area contributed by atoms with Gasteiger partial charge >= 0.3 is 0 Å². The molecule has 0 aliphatic carbocycles. The number of hydrogen-bond donors (Lipinski definition) is 2. The zero-order valence-corrected chi connectivity index (χ0v) is 11.8. The smallest absolute Gasteiger partial charge is 0.257 e. The van der Waals surface area contributed by atoms with Gasteiger partial charge in [0, 0.05) is 22.8 Å². The van der Waals surface area contributed by atoms with E-state index in [9.17, 15) is 4.79 Å². The Balaban J connectivity index is 1.90. The van der Waals surface area contributed by atoms with Gasteiger partial charge in [0.05, 0.1) is 15.6 Å². The maximum absolute atomic E-state index is 12.2. The molecule has 0 fully saturated rings. The number of rotatable bonds is 2. The van der Waals surface area contributed by atoms with Crippen LogP contribution in [0.2, 0.25) is 10.0 Å². The number of nitrogens with one attached hydrogen (secondary N) is 2. The molecule has 5 heteroatoms. The lowest BCUT2D eigenvalue weighted by atomic mass is 10.2. The lowest BCUT2D eigenvalue weighted by Crippen LogP contribution is -2.12. The number of carbonyl (C=O) groups is 1. The summed E-state index contributed by atoms with van der Waals surface area (Å²) < 4.78 is 0. The van der Waals surface area contributed by atoms with E-state index in [0.29, 0.717) is 16.3 Å². The van der Waals surface area contributed by atoms with Crippen LogP contribution >= 0.6 is 23.2 Å². The summed E-state index contributed by atoms with van der Waals surface area (Å²) >= 11 is 11.9. The predicted octanol–water partition coefficient (Wildman–Crippen LogP) is 4.73. The number of hydrogen-bond acceptors (Lipinski definition) is 1. The minimum Gasteiger partial charge on any atom is -0.361 e.